The maximum absolute atomic E-state index is 11.3. The minimum Gasteiger partial charge on any atom is -0.477 e. The van der Waals surface area contributed by atoms with Crippen LogP contribution in [0.1, 0.15) is 46.7 Å². The van der Waals surface area contributed by atoms with E-state index in [1.807, 2.05) is 0 Å². The zero-order valence-corrected chi connectivity index (χ0v) is 9.68. The Kier molecular flexibility index (Phi) is 3.28. The van der Waals surface area contributed by atoms with Crippen molar-refractivity contribution in [1.29, 1.82) is 0 Å². The van der Waals surface area contributed by atoms with E-state index in [0.29, 0.717) is 18.8 Å². The molecule has 0 bridgehead atoms. The summed E-state index contributed by atoms with van der Waals surface area (Å²) in [5.74, 6) is -1.11. The normalized spacial score (nSPS) is 17.0. The number of nitrogens with zero attached hydrogens (tertiary/aromatic N) is 1. The molecule has 2 rings (SSSR count). The van der Waals surface area contributed by atoms with Gasteiger partial charge in [-0.2, -0.15) is 0 Å². The number of hydrogen-bond acceptors (Lipinski definition) is 3. The SMILES string of the molecule is CC(=O)c1cc(C(=O)O)n(C2CCOCC2)c1. The number of carboxylic acid groups (broad SMARTS) is 1. The number of aromatic carboxylic acids is 1. The van der Waals surface area contributed by atoms with Gasteiger partial charge in [-0.3, -0.25) is 4.79 Å². The minimum absolute atomic E-state index is 0.113. The number of carboxylic acids is 1. The van der Waals surface area contributed by atoms with Crippen molar-refractivity contribution in [3.05, 3.63) is 23.5 Å². The van der Waals surface area contributed by atoms with E-state index in [9.17, 15) is 9.59 Å². The highest BCUT2D eigenvalue weighted by Crippen LogP contribution is 2.24. The highest BCUT2D eigenvalue weighted by molar-refractivity contribution is 5.97. The predicted molar refractivity (Wildman–Crippen MR) is 60.5 cm³/mol. The Morgan fingerprint density at radius 2 is 2.06 bits per heavy atom. The van der Waals surface area contributed by atoms with Gasteiger partial charge in [0.05, 0.1) is 0 Å². The number of rotatable bonds is 3. The molecule has 5 heteroatoms. The topological polar surface area (TPSA) is 68.5 Å². The van der Waals surface area contributed by atoms with Gasteiger partial charge in [0.25, 0.3) is 0 Å². The van der Waals surface area contributed by atoms with Crippen LogP contribution in [0, 0.1) is 0 Å². The fourth-order valence-corrected chi connectivity index (χ4v) is 2.11. The van der Waals surface area contributed by atoms with Crippen molar-refractivity contribution >= 4 is 11.8 Å². The molecule has 1 saturated heterocycles. The summed E-state index contributed by atoms with van der Waals surface area (Å²) in [5.41, 5.74) is 0.635. The fraction of sp³-hybridized carbons (Fsp3) is 0.500. The molecule has 1 aliphatic rings. The van der Waals surface area contributed by atoms with Gasteiger partial charge in [-0.25, -0.2) is 4.79 Å². The first kappa shape index (κ1) is 11.9. The Bertz CT molecular complexity index is 443. The van der Waals surface area contributed by atoms with Crippen LogP contribution in [0.2, 0.25) is 0 Å². The monoisotopic (exact) mass is 237 g/mol. The molecule has 0 atom stereocenters. The predicted octanol–water partition coefficient (Wildman–Crippen LogP) is 1.74. The Morgan fingerprint density at radius 1 is 1.41 bits per heavy atom. The average Bonchev–Trinajstić information content (AvgIpc) is 2.75. The number of Topliss-reactive ketones (excluding diaryl/α,β-unsaturated/α-hetero) is 1. The molecule has 0 amide bonds. The second kappa shape index (κ2) is 4.71. The van der Waals surface area contributed by atoms with Gasteiger partial charge >= 0.3 is 5.97 Å². The molecular formula is C12H15NO4. The Labute approximate surface area is 99.0 Å². The van der Waals surface area contributed by atoms with Crippen LogP contribution in [0.5, 0.6) is 0 Å². The van der Waals surface area contributed by atoms with Crippen molar-refractivity contribution in [2.75, 3.05) is 13.2 Å². The quantitative estimate of drug-likeness (QED) is 0.813. The van der Waals surface area contributed by atoms with Gasteiger partial charge in [-0.15, -0.1) is 0 Å². The van der Waals surface area contributed by atoms with E-state index in [1.165, 1.54) is 13.0 Å². The molecular weight excluding hydrogens is 222 g/mol. The molecule has 0 saturated carbocycles. The summed E-state index contributed by atoms with van der Waals surface area (Å²) in [4.78, 5) is 22.4. The molecule has 1 aromatic heterocycles. The van der Waals surface area contributed by atoms with Crippen molar-refractivity contribution in [3.8, 4) is 0 Å². The number of ether oxygens (including phenoxy) is 1. The van der Waals surface area contributed by atoms with Gasteiger partial charge in [-0.05, 0) is 25.8 Å². The third kappa shape index (κ3) is 2.39. The summed E-state index contributed by atoms with van der Waals surface area (Å²) in [6.45, 7) is 2.71. The van der Waals surface area contributed by atoms with Gasteiger partial charge in [0, 0.05) is 31.0 Å². The first-order valence-electron chi connectivity index (χ1n) is 5.63. The van der Waals surface area contributed by atoms with E-state index in [1.54, 1.807) is 10.8 Å². The molecule has 1 aromatic rings. The standard InChI is InChI=1S/C12H15NO4/c1-8(14)9-6-11(12(15)16)13(7-9)10-2-4-17-5-3-10/h6-7,10H,2-5H2,1H3,(H,15,16). The minimum atomic E-state index is -0.996. The average molecular weight is 237 g/mol. The lowest BCUT2D eigenvalue weighted by atomic mass is 10.1. The maximum atomic E-state index is 11.3. The summed E-state index contributed by atoms with van der Waals surface area (Å²) < 4.78 is 6.94. The van der Waals surface area contributed by atoms with Crippen molar-refractivity contribution < 1.29 is 19.4 Å². The zero-order chi connectivity index (χ0) is 12.4. The summed E-state index contributed by atoms with van der Waals surface area (Å²) in [5, 5.41) is 9.13. The fourth-order valence-electron chi connectivity index (χ4n) is 2.11. The molecule has 0 spiro atoms. The Hall–Kier alpha value is -1.62. The van der Waals surface area contributed by atoms with Crippen molar-refractivity contribution in [2.24, 2.45) is 0 Å². The van der Waals surface area contributed by atoms with Crippen LogP contribution in [0.3, 0.4) is 0 Å². The third-order valence-corrected chi connectivity index (χ3v) is 3.06. The molecule has 92 valence electrons. The molecule has 17 heavy (non-hydrogen) atoms. The second-order valence-corrected chi connectivity index (χ2v) is 4.23. The molecule has 0 aromatic carbocycles. The van der Waals surface area contributed by atoms with Crippen molar-refractivity contribution in [3.63, 3.8) is 0 Å². The molecule has 0 unspecified atom stereocenters. The number of carbonyl (C=O) groups excluding carboxylic acids is 1. The van der Waals surface area contributed by atoms with Gasteiger partial charge in [0.15, 0.2) is 5.78 Å². The molecule has 5 nitrogen and oxygen atoms in total. The van der Waals surface area contributed by atoms with E-state index < -0.39 is 5.97 Å². The lowest BCUT2D eigenvalue weighted by Gasteiger charge is -2.24. The molecule has 1 fully saturated rings. The molecule has 1 aliphatic heterocycles. The lowest BCUT2D eigenvalue weighted by Crippen LogP contribution is -2.21. The first-order chi connectivity index (χ1) is 8.09. The molecule has 2 heterocycles. The summed E-state index contributed by atoms with van der Waals surface area (Å²) in [7, 11) is 0. The molecule has 1 N–H and O–H groups in total. The first-order valence-corrected chi connectivity index (χ1v) is 5.63. The Balaban J connectivity index is 2.36. The van der Waals surface area contributed by atoms with E-state index in [2.05, 4.69) is 0 Å². The largest absolute Gasteiger partial charge is 0.477 e. The van der Waals surface area contributed by atoms with Crippen LogP contribution in [0.25, 0.3) is 0 Å². The highest BCUT2D eigenvalue weighted by Gasteiger charge is 2.22. The summed E-state index contributed by atoms with van der Waals surface area (Å²) in [6.07, 6.45) is 3.21. The van der Waals surface area contributed by atoms with Gasteiger partial charge < -0.3 is 14.4 Å². The van der Waals surface area contributed by atoms with Gasteiger partial charge in [-0.1, -0.05) is 0 Å². The Morgan fingerprint density at radius 3 is 2.59 bits per heavy atom. The lowest BCUT2D eigenvalue weighted by molar-refractivity contribution is 0.0609. The second-order valence-electron chi connectivity index (χ2n) is 4.23. The van der Waals surface area contributed by atoms with Gasteiger partial charge in [0.1, 0.15) is 5.69 Å². The zero-order valence-electron chi connectivity index (χ0n) is 9.68. The molecule has 0 radical (unpaired) electrons. The van der Waals surface area contributed by atoms with Crippen LogP contribution in [-0.2, 0) is 4.74 Å². The van der Waals surface area contributed by atoms with Gasteiger partial charge in [0.2, 0.25) is 0 Å². The number of hydrogen-bond donors (Lipinski definition) is 1. The van der Waals surface area contributed by atoms with E-state index in [0.717, 1.165) is 12.8 Å². The smallest absolute Gasteiger partial charge is 0.352 e. The van der Waals surface area contributed by atoms with Crippen LogP contribution in [0.15, 0.2) is 12.3 Å². The van der Waals surface area contributed by atoms with Crippen LogP contribution in [0.4, 0.5) is 0 Å². The van der Waals surface area contributed by atoms with Crippen molar-refractivity contribution in [1.82, 2.24) is 4.57 Å². The van der Waals surface area contributed by atoms with Crippen LogP contribution in [-0.4, -0.2) is 34.6 Å². The third-order valence-electron chi connectivity index (χ3n) is 3.06. The van der Waals surface area contributed by atoms with E-state index in [-0.39, 0.29) is 17.5 Å². The highest BCUT2D eigenvalue weighted by atomic mass is 16.5. The maximum Gasteiger partial charge on any atom is 0.352 e. The van der Waals surface area contributed by atoms with Crippen LogP contribution < -0.4 is 0 Å². The number of ketones is 1. The number of aromatic nitrogens is 1. The van der Waals surface area contributed by atoms with E-state index in [4.69, 9.17) is 9.84 Å². The van der Waals surface area contributed by atoms with Crippen molar-refractivity contribution in [2.45, 2.75) is 25.8 Å². The summed E-state index contributed by atoms with van der Waals surface area (Å²) >= 11 is 0. The van der Waals surface area contributed by atoms with E-state index >= 15 is 0 Å². The van der Waals surface area contributed by atoms with Crippen LogP contribution >= 0.6 is 0 Å². The molecule has 0 aliphatic carbocycles. The number of carbonyl (C=O) groups is 2. The summed E-state index contributed by atoms with van der Waals surface area (Å²) in [6, 6.07) is 1.56.